The molecule has 6 heteroatoms. The SMILES string of the molecule is CC(CNS(=O)(=O)CCCCNC(C)C)CN1CCCC1. The molecule has 126 valence electrons. The van der Waals surface area contributed by atoms with Crippen LogP contribution in [0.3, 0.4) is 0 Å². The van der Waals surface area contributed by atoms with Gasteiger partial charge in [-0.1, -0.05) is 20.8 Å². The predicted octanol–water partition coefficient (Wildman–Crippen LogP) is 1.42. The van der Waals surface area contributed by atoms with Gasteiger partial charge < -0.3 is 10.2 Å². The van der Waals surface area contributed by atoms with Gasteiger partial charge in [0.2, 0.25) is 10.0 Å². The van der Waals surface area contributed by atoms with Crippen LogP contribution in [0.15, 0.2) is 0 Å². The summed E-state index contributed by atoms with van der Waals surface area (Å²) in [4.78, 5) is 2.43. The lowest BCUT2D eigenvalue weighted by molar-refractivity contribution is 0.288. The van der Waals surface area contributed by atoms with Crippen LogP contribution in [0.5, 0.6) is 0 Å². The summed E-state index contributed by atoms with van der Waals surface area (Å²) >= 11 is 0. The molecule has 0 aromatic carbocycles. The van der Waals surface area contributed by atoms with Crippen molar-refractivity contribution in [2.24, 2.45) is 5.92 Å². The number of unbranched alkanes of at least 4 members (excludes halogenated alkanes) is 1. The molecule has 0 saturated carbocycles. The maximum atomic E-state index is 11.9. The second-order valence-corrected chi connectivity index (χ2v) is 8.52. The van der Waals surface area contributed by atoms with Crippen molar-refractivity contribution in [3.8, 4) is 0 Å². The van der Waals surface area contributed by atoms with Crippen molar-refractivity contribution in [3.05, 3.63) is 0 Å². The molecule has 0 radical (unpaired) electrons. The summed E-state index contributed by atoms with van der Waals surface area (Å²) in [5.41, 5.74) is 0. The summed E-state index contributed by atoms with van der Waals surface area (Å²) in [7, 11) is -3.11. The molecule has 1 aliphatic heterocycles. The standard InChI is InChI=1S/C15H33N3O2S/c1-14(2)16-8-4-7-11-21(19,20)17-12-15(3)13-18-9-5-6-10-18/h14-17H,4-13H2,1-3H3. The molecule has 1 heterocycles. The summed E-state index contributed by atoms with van der Waals surface area (Å²) < 4.78 is 26.6. The highest BCUT2D eigenvalue weighted by Gasteiger charge is 2.16. The Morgan fingerprint density at radius 3 is 2.38 bits per heavy atom. The summed E-state index contributed by atoms with van der Waals surface area (Å²) in [6, 6.07) is 0.464. The second-order valence-electron chi connectivity index (χ2n) is 6.60. The Bertz CT molecular complexity index is 365. The van der Waals surface area contributed by atoms with E-state index in [0.717, 1.165) is 25.9 Å². The summed E-state index contributed by atoms with van der Waals surface area (Å²) in [6.45, 7) is 11.1. The first-order valence-electron chi connectivity index (χ1n) is 8.32. The molecule has 1 saturated heterocycles. The van der Waals surface area contributed by atoms with Crippen LogP contribution in [0.25, 0.3) is 0 Å². The Balaban J connectivity index is 2.10. The predicted molar refractivity (Wildman–Crippen MR) is 89.0 cm³/mol. The van der Waals surface area contributed by atoms with Gasteiger partial charge >= 0.3 is 0 Å². The molecular formula is C15H33N3O2S. The average Bonchev–Trinajstić information content (AvgIpc) is 2.88. The van der Waals surface area contributed by atoms with Crippen molar-refractivity contribution in [1.29, 1.82) is 0 Å². The Labute approximate surface area is 130 Å². The normalized spacial score (nSPS) is 18.5. The van der Waals surface area contributed by atoms with E-state index in [0.29, 0.717) is 18.5 Å². The Hall–Kier alpha value is -0.170. The lowest BCUT2D eigenvalue weighted by Gasteiger charge is -2.20. The van der Waals surface area contributed by atoms with Crippen molar-refractivity contribution in [1.82, 2.24) is 14.9 Å². The van der Waals surface area contributed by atoms with E-state index < -0.39 is 10.0 Å². The fourth-order valence-electron chi connectivity index (χ4n) is 2.62. The number of likely N-dealkylation sites (tertiary alicyclic amines) is 1. The number of nitrogens with zero attached hydrogens (tertiary/aromatic N) is 1. The molecule has 0 aromatic heterocycles. The number of hydrogen-bond donors (Lipinski definition) is 2. The first-order chi connectivity index (χ1) is 9.89. The van der Waals surface area contributed by atoms with Gasteiger partial charge in [0.15, 0.2) is 0 Å². The molecule has 21 heavy (non-hydrogen) atoms. The fourth-order valence-corrected chi connectivity index (χ4v) is 3.89. The Morgan fingerprint density at radius 2 is 1.76 bits per heavy atom. The van der Waals surface area contributed by atoms with Gasteiger partial charge in [-0.3, -0.25) is 0 Å². The average molecular weight is 320 g/mol. The van der Waals surface area contributed by atoms with E-state index in [1.165, 1.54) is 25.9 Å². The van der Waals surface area contributed by atoms with Crippen LogP contribution in [0.4, 0.5) is 0 Å². The summed E-state index contributed by atoms with van der Waals surface area (Å²) in [5.74, 6) is 0.615. The molecule has 5 nitrogen and oxygen atoms in total. The van der Waals surface area contributed by atoms with E-state index in [1.54, 1.807) is 0 Å². The monoisotopic (exact) mass is 319 g/mol. The van der Waals surface area contributed by atoms with Crippen LogP contribution < -0.4 is 10.0 Å². The van der Waals surface area contributed by atoms with Crippen molar-refractivity contribution < 1.29 is 8.42 Å². The quantitative estimate of drug-likeness (QED) is 0.565. The molecule has 1 atom stereocenters. The molecule has 1 aliphatic rings. The second kappa shape index (κ2) is 9.77. The van der Waals surface area contributed by atoms with E-state index in [1.807, 2.05) is 0 Å². The van der Waals surface area contributed by atoms with Gasteiger partial charge in [0.05, 0.1) is 5.75 Å². The van der Waals surface area contributed by atoms with E-state index >= 15 is 0 Å². The minimum absolute atomic E-state index is 0.239. The van der Waals surface area contributed by atoms with Gasteiger partial charge in [0.1, 0.15) is 0 Å². The largest absolute Gasteiger partial charge is 0.315 e. The highest BCUT2D eigenvalue weighted by molar-refractivity contribution is 7.89. The highest BCUT2D eigenvalue weighted by Crippen LogP contribution is 2.10. The van der Waals surface area contributed by atoms with Gasteiger partial charge in [-0.25, -0.2) is 13.1 Å². The lowest BCUT2D eigenvalue weighted by Crippen LogP contribution is -2.35. The van der Waals surface area contributed by atoms with E-state index in [9.17, 15) is 8.42 Å². The molecule has 1 unspecified atom stereocenters. The van der Waals surface area contributed by atoms with Crippen LogP contribution in [-0.2, 0) is 10.0 Å². The zero-order valence-electron chi connectivity index (χ0n) is 13.9. The smallest absolute Gasteiger partial charge is 0.211 e. The van der Waals surface area contributed by atoms with Crippen LogP contribution in [0.1, 0.15) is 46.5 Å². The zero-order valence-corrected chi connectivity index (χ0v) is 14.7. The highest BCUT2D eigenvalue weighted by atomic mass is 32.2. The van der Waals surface area contributed by atoms with E-state index in [4.69, 9.17) is 0 Å². The Morgan fingerprint density at radius 1 is 1.10 bits per heavy atom. The van der Waals surface area contributed by atoms with Crippen LogP contribution in [0.2, 0.25) is 0 Å². The van der Waals surface area contributed by atoms with Gasteiger partial charge in [0, 0.05) is 19.1 Å². The maximum absolute atomic E-state index is 11.9. The fraction of sp³-hybridized carbons (Fsp3) is 1.00. The molecule has 1 rings (SSSR count). The minimum atomic E-state index is -3.11. The lowest BCUT2D eigenvalue weighted by atomic mass is 10.2. The summed E-state index contributed by atoms with van der Waals surface area (Å²) in [5, 5.41) is 3.30. The first-order valence-corrected chi connectivity index (χ1v) is 9.97. The molecule has 0 amide bonds. The van der Waals surface area contributed by atoms with Crippen molar-refractivity contribution in [3.63, 3.8) is 0 Å². The topological polar surface area (TPSA) is 61.4 Å². The third-order valence-electron chi connectivity index (χ3n) is 3.81. The third-order valence-corrected chi connectivity index (χ3v) is 5.25. The number of hydrogen-bond acceptors (Lipinski definition) is 4. The number of rotatable bonds is 11. The minimum Gasteiger partial charge on any atom is -0.315 e. The molecule has 0 aromatic rings. The zero-order chi connectivity index (χ0) is 15.7. The number of nitrogens with one attached hydrogen (secondary N) is 2. The first kappa shape index (κ1) is 18.9. The van der Waals surface area contributed by atoms with Gasteiger partial charge in [0.25, 0.3) is 0 Å². The van der Waals surface area contributed by atoms with Crippen LogP contribution in [0, 0.1) is 5.92 Å². The molecule has 0 bridgehead atoms. The molecule has 2 N–H and O–H groups in total. The molecule has 0 spiro atoms. The molecular weight excluding hydrogens is 286 g/mol. The number of sulfonamides is 1. The third kappa shape index (κ3) is 9.45. The maximum Gasteiger partial charge on any atom is 0.211 e. The molecule has 0 aliphatic carbocycles. The summed E-state index contributed by atoms with van der Waals surface area (Å²) in [6.07, 6.45) is 4.18. The van der Waals surface area contributed by atoms with E-state index in [-0.39, 0.29) is 5.75 Å². The van der Waals surface area contributed by atoms with Crippen LogP contribution in [-0.4, -0.2) is 57.8 Å². The van der Waals surface area contributed by atoms with Crippen molar-refractivity contribution in [2.75, 3.05) is 38.5 Å². The van der Waals surface area contributed by atoms with Crippen LogP contribution >= 0.6 is 0 Å². The Kier molecular flexibility index (Phi) is 8.78. The molecule has 1 fully saturated rings. The van der Waals surface area contributed by atoms with E-state index in [2.05, 4.69) is 35.7 Å². The van der Waals surface area contributed by atoms with Gasteiger partial charge in [-0.05, 0) is 51.2 Å². The van der Waals surface area contributed by atoms with Gasteiger partial charge in [-0.2, -0.15) is 0 Å². The van der Waals surface area contributed by atoms with Gasteiger partial charge in [-0.15, -0.1) is 0 Å². The van der Waals surface area contributed by atoms with Crippen molar-refractivity contribution >= 4 is 10.0 Å². The van der Waals surface area contributed by atoms with Crippen molar-refractivity contribution in [2.45, 2.75) is 52.5 Å².